The van der Waals surface area contributed by atoms with Crippen molar-refractivity contribution in [2.45, 2.75) is 0 Å². The Hall–Kier alpha value is -3.13. The molecule has 6 nitrogen and oxygen atoms in total. The normalized spacial score (nSPS) is 10.9. The van der Waals surface area contributed by atoms with Gasteiger partial charge in [0.05, 0.1) is 16.4 Å². The highest BCUT2D eigenvalue weighted by Gasteiger charge is 2.13. The number of fused-ring (bicyclic) bond motifs is 1. The van der Waals surface area contributed by atoms with Gasteiger partial charge in [0.25, 0.3) is 0 Å². The third-order valence-electron chi connectivity index (χ3n) is 3.63. The Labute approximate surface area is 153 Å². The summed E-state index contributed by atoms with van der Waals surface area (Å²) in [5.41, 5.74) is 1.77. The van der Waals surface area contributed by atoms with Crippen molar-refractivity contribution in [3.8, 4) is 11.3 Å². The van der Waals surface area contributed by atoms with Crippen LogP contribution in [0, 0.1) is 11.9 Å². The fraction of sp³-hybridized carbons (Fsp3) is 0.111. The van der Waals surface area contributed by atoms with Crippen molar-refractivity contribution in [3.05, 3.63) is 54.6 Å². The van der Waals surface area contributed by atoms with Crippen molar-refractivity contribution in [1.29, 1.82) is 0 Å². The van der Waals surface area contributed by atoms with Gasteiger partial charge in [0.1, 0.15) is 11.5 Å². The Morgan fingerprint density at radius 3 is 2.81 bits per heavy atom. The Morgan fingerprint density at radius 1 is 1.15 bits per heavy atom. The zero-order chi connectivity index (χ0) is 18.1. The molecule has 0 aliphatic rings. The topological polar surface area (TPSA) is 66.8 Å². The molecule has 0 bridgehead atoms. The van der Waals surface area contributed by atoms with E-state index in [-0.39, 0.29) is 11.6 Å². The van der Waals surface area contributed by atoms with Crippen LogP contribution in [0.3, 0.4) is 0 Å². The molecule has 0 aliphatic carbocycles. The van der Waals surface area contributed by atoms with E-state index in [2.05, 4.69) is 31.3 Å². The monoisotopic (exact) mass is 365 g/mol. The third kappa shape index (κ3) is 3.18. The summed E-state index contributed by atoms with van der Waals surface area (Å²) in [4.78, 5) is 18.9. The number of pyridine rings is 1. The Kier molecular flexibility index (Phi) is 4.18. The second-order valence-corrected chi connectivity index (χ2v) is 6.74. The predicted molar refractivity (Wildman–Crippen MR) is 101 cm³/mol. The fourth-order valence-electron chi connectivity index (χ4n) is 2.39. The highest BCUT2D eigenvalue weighted by Crippen LogP contribution is 2.32. The largest absolute Gasteiger partial charge is 0.354 e. The molecule has 0 saturated heterocycles. The van der Waals surface area contributed by atoms with Gasteiger partial charge in [-0.3, -0.25) is 0 Å². The van der Waals surface area contributed by atoms with E-state index in [1.807, 2.05) is 37.2 Å². The minimum atomic E-state index is -0.485. The highest BCUT2D eigenvalue weighted by molar-refractivity contribution is 7.22. The maximum atomic E-state index is 14.3. The van der Waals surface area contributed by atoms with E-state index in [4.69, 9.17) is 0 Å². The number of nitrogens with one attached hydrogen (secondary N) is 1. The van der Waals surface area contributed by atoms with Crippen LogP contribution in [0.25, 0.3) is 21.5 Å². The smallest absolute Gasteiger partial charge is 0.229 e. The maximum absolute atomic E-state index is 14.3. The third-order valence-corrected chi connectivity index (χ3v) is 4.82. The molecule has 0 aliphatic heterocycles. The zero-order valence-corrected chi connectivity index (χ0v) is 14.9. The molecule has 0 saturated carbocycles. The first-order valence-electron chi connectivity index (χ1n) is 7.80. The van der Waals surface area contributed by atoms with Crippen LogP contribution in [0.4, 0.5) is 21.3 Å². The van der Waals surface area contributed by atoms with E-state index in [1.165, 1.54) is 6.20 Å². The average molecular weight is 365 g/mol. The van der Waals surface area contributed by atoms with Gasteiger partial charge in [-0.25, -0.2) is 24.3 Å². The Morgan fingerprint density at radius 2 is 2.04 bits per heavy atom. The summed E-state index contributed by atoms with van der Waals surface area (Å²) in [6.45, 7) is 0. The van der Waals surface area contributed by atoms with Crippen LogP contribution in [0.2, 0.25) is 0 Å². The molecular formula is C18H14FN6S. The first-order valence-corrected chi connectivity index (χ1v) is 8.62. The van der Waals surface area contributed by atoms with E-state index in [0.717, 1.165) is 21.5 Å². The predicted octanol–water partition coefficient (Wildman–Crippen LogP) is 3.90. The zero-order valence-electron chi connectivity index (χ0n) is 14.1. The summed E-state index contributed by atoms with van der Waals surface area (Å²) >= 11 is 1.55. The van der Waals surface area contributed by atoms with Gasteiger partial charge in [-0.1, -0.05) is 17.4 Å². The van der Waals surface area contributed by atoms with Gasteiger partial charge in [0.15, 0.2) is 10.9 Å². The van der Waals surface area contributed by atoms with Gasteiger partial charge in [0, 0.05) is 31.9 Å². The number of aromatic nitrogens is 4. The molecule has 1 N–H and O–H groups in total. The second-order valence-electron chi connectivity index (χ2n) is 5.73. The number of nitrogens with zero attached hydrogens (tertiary/aromatic N) is 5. The molecule has 4 rings (SSSR count). The molecule has 26 heavy (non-hydrogen) atoms. The fourth-order valence-corrected chi connectivity index (χ4v) is 3.32. The second kappa shape index (κ2) is 6.64. The SMILES string of the molecule is CN(C)c1nc2ccc(-c3nc(Nc4cc[c]cn4)ncc3F)cc2s1. The lowest BCUT2D eigenvalue weighted by atomic mass is 10.1. The molecule has 0 atom stereocenters. The van der Waals surface area contributed by atoms with Crippen LogP contribution in [0.1, 0.15) is 0 Å². The van der Waals surface area contributed by atoms with Crippen molar-refractivity contribution in [2.24, 2.45) is 0 Å². The standard InChI is InChI=1S/C18H14FN6S/c1-25(2)18-22-13-7-6-11(9-14(13)26-18)16-12(19)10-21-17(24-16)23-15-5-3-4-8-20-15/h3,5-10H,1-2H3,(H,20,21,23,24). The summed E-state index contributed by atoms with van der Waals surface area (Å²) in [5.74, 6) is 0.356. The molecule has 8 heteroatoms. The molecule has 0 unspecified atom stereocenters. The summed E-state index contributed by atoms with van der Waals surface area (Å²) in [5, 5.41) is 3.86. The summed E-state index contributed by atoms with van der Waals surface area (Å²) in [6, 6.07) is 11.9. The van der Waals surface area contributed by atoms with Gasteiger partial charge in [-0.15, -0.1) is 0 Å². The lowest BCUT2D eigenvalue weighted by Gasteiger charge is -2.07. The van der Waals surface area contributed by atoms with Gasteiger partial charge in [0.2, 0.25) is 5.95 Å². The maximum Gasteiger partial charge on any atom is 0.229 e. The van der Waals surface area contributed by atoms with E-state index in [1.54, 1.807) is 23.5 Å². The minimum absolute atomic E-state index is 0.228. The molecule has 0 spiro atoms. The van der Waals surface area contributed by atoms with E-state index < -0.39 is 5.82 Å². The number of benzene rings is 1. The molecule has 0 fully saturated rings. The van der Waals surface area contributed by atoms with Crippen LogP contribution in [0.15, 0.2) is 42.7 Å². The lowest BCUT2D eigenvalue weighted by molar-refractivity contribution is 0.619. The number of hydrogen-bond donors (Lipinski definition) is 1. The average Bonchev–Trinajstić information content (AvgIpc) is 3.08. The number of anilines is 3. The number of hydrogen-bond acceptors (Lipinski definition) is 7. The van der Waals surface area contributed by atoms with Gasteiger partial charge in [-0.05, 0) is 24.3 Å². The van der Waals surface area contributed by atoms with E-state index in [0.29, 0.717) is 11.4 Å². The van der Waals surface area contributed by atoms with Crippen molar-refractivity contribution in [1.82, 2.24) is 19.9 Å². The minimum Gasteiger partial charge on any atom is -0.354 e. The summed E-state index contributed by atoms with van der Waals surface area (Å²) in [6.07, 6.45) is 2.69. The first-order chi connectivity index (χ1) is 12.6. The molecule has 1 aromatic carbocycles. The molecule has 0 amide bonds. The summed E-state index contributed by atoms with van der Waals surface area (Å²) in [7, 11) is 3.88. The number of rotatable bonds is 4. The van der Waals surface area contributed by atoms with Gasteiger partial charge >= 0.3 is 0 Å². The van der Waals surface area contributed by atoms with Crippen LogP contribution in [-0.4, -0.2) is 34.0 Å². The molecule has 129 valence electrons. The van der Waals surface area contributed by atoms with Crippen molar-refractivity contribution in [3.63, 3.8) is 0 Å². The van der Waals surface area contributed by atoms with Crippen molar-refractivity contribution < 1.29 is 4.39 Å². The van der Waals surface area contributed by atoms with Gasteiger partial charge < -0.3 is 10.2 Å². The van der Waals surface area contributed by atoms with Crippen molar-refractivity contribution >= 4 is 38.5 Å². The molecule has 3 heterocycles. The molecule has 4 aromatic rings. The van der Waals surface area contributed by atoms with E-state index >= 15 is 0 Å². The van der Waals surface area contributed by atoms with Crippen LogP contribution in [0.5, 0.6) is 0 Å². The quantitative estimate of drug-likeness (QED) is 0.592. The summed E-state index contributed by atoms with van der Waals surface area (Å²) < 4.78 is 15.3. The molecule has 3 aromatic heterocycles. The van der Waals surface area contributed by atoms with E-state index in [9.17, 15) is 4.39 Å². The van der Waals surface area contributed by atoms with Crippen LogP contribution >= 0.6 is 11.3 Å². The Balaban J connectivity index is 1.72. The van der Waals surface area contributed by atoms with Gasteiger partial charge in [-0.2, -0.15) is 0 Å². The highest BCUT2D eigenvalue weighted by atomic mass is 32.1. The number of halogens is 1. The lowest BCUT2D eigenvalue weighted by Crippen LogP contribution is -2.07. The van der Waals surface area contributed by atoms with Crippen LogP contribution < -0.4 is 10.2 Å². The first kappa shape index (κ1) is 16.3. The Bertz CT molecular complexity index is 1060. The van der Waals surface area contributed by atoms with Crippen LogP contribution in [-0.2, 0) is 0 Å². The molecule has 1 radical (unpaired) electrons. The van der Waals surface area contributed by atoms with Crippen molar-refractivity contribution in [2.75, 3.05) is 24.3 Å². The molecular weight excluding hydrogens is 351 g/mol. The number of thiazole rings is 1.